The fourth-order valence-electron chi connectivity index (χ4n) is 0.477. The Morgan fingerprint density at radius 3 is 1.78 bits per heavy atom. The molecule has 0 atom stereocenters. The van der Waals surface area contributed by atoms with Gasteiger partial charge in [0, 0.05) is 5.24 Å². The van der Waals surface area contributed by atoms with Crippen molar-refractivity contribution in [3.63, 3.8) is 0 Å². The first-order chi connectivity index (χ1) is 4.12. The van der Waals surface area contributed by atoms with Crippen LogP contribution in [0, 0.1) is 0 Å². The van der Waals surface area contributed by atoms with Crippen molar-refractivity contribution >= 4 is 29.3 Å². The Morgan fingerprint density at radius 1 is 1.22 bits per heavy atom. The van der Waals surface area contributed by atoms with Gasteiger partial charge in [0.25, 0.3) is 0 Å². The first-order valence-corrected chi connectivity index (χ1v) is 6.81. The topological polar surface area (TPSA) is 0 Å². The second-order valence-corrected chi connectivity index (χ2v) is 8.19. The van der Waals surface area contributed by atoms with Crippen molar-refractivity contribution in [2.75, 3.05) is 0 Å². The monoisotopic (exact) mass is 178 g/mol. The minimum atomic E-state index is -1.53. The minimum Gasteiger partial charge on any atom is -0.134 e. The number of rotatable bonds is 2. The maximum atomic E-state index is 5.14. The Labute approximate surface area is 67.2 Å². The van der Waals surface area contributed by atoms with E-state index in [9.17, 15) is 0 Å². The summed E-state index contributed by atoms with van der Waals surface area (Å²) in [7, 11) is 0. The van der Waals surface area contributed by atoms with Crippen LogP contribution in [-0.4, -0.2) is 0 Å². The van der Waals surface area contributed by atoms with Gasteiger partial charge in [-0.25, -0.2) is 0 Å². The van der Waals surface area contributed by atoms with E-state index in [0.29, 0.717) is 0 Å². The lowest BCUT2D eigenvalue weighted by Gasteiger charge is -2.00. The van der Waals surface area contributed by atoms with Crippen LogP contribution >= 0.6 is 17.5 Å². The summed E-state index contributed by atoms with van der Waals surface area (Å²) in [4.78, 5) is 0. The van der Waals surface area contributed by atoms with Crippen LogP contribution in [0.1, 0.15) is 13.8 Å². The summed E-state index contributed by atoms with van der Waals surface area (Å²) in [6, 6.07) is 0. The summed E-state index contributed by atoms with van der Waals surface area (Å²) in [6.45, 7) is 3.92. The molecule has 0 saturated carbocycles. The van der Waals surface area contributed by atoms with E-state index < -0.39 is 5.24 Å². The zero-order valence-corrected chi connectivity index (χ0v) is 8.22. The van der Waals surface area contributed by atoms with Gasteiger partial charge in [0.2, 0.25) is 0 Å². The van der Waals surface area contributed by atoms with Gasteiger partial charge in [0.05, 0.1) is 0 Å². The molecule has 52 valence electrons. The molecule has 0 nitrogen and oxygen atoms in total. The highest BCUT2D eigenvalue weighted by Gasteiger charge is 1.96. The Kier molecular flexibility index (Phi) is 4.55. The summed E-state index contributed by atoms with van der Waals surface area (Å²) in [5, 5.41) is -1.53. The molecule has 0 aliphatic heterocycles. The van der Waals surface area contributed by atoms with Gasteiger partial charge in [-0.2, -0.15) is 0 Å². The zero-order valence-electron chi connectivity index (χ0n) is 5.61. The van der Waals surface area contributed by atoms with E-state index in [4.69, 9.17) is 11.8 Å². The second-order valence-electron chi connectivity index (χ2n) is 1.64. The molecule has 0 aliphatic rings. The standard InChI is InChI=1S/C6H11PS2/c1-3-5-7(8,9)6-4-2/h3-6H,1-2H3,(H,8,9). The van der Waals surface area contributed by atoms with E-state index in [2.05, 4.69) is 12.2 Å². The van der Waals surface area contributed by atoms with Gasteiger partial charge in [-0.3, -0.25) is 0 Å². The SMILES string of the molecule is CC=CP(=S)(S)C=CC. The van der Waals surface area contributed by atoms with Crippen molar-refractivity contribution in [1.82, 2.24) is 0 Å². The van der Waals surface area contributed by atoms with Gasteiger partial charge in [-0.1, -0.05) is 24.0 Å². The van der Waals surface area contributed by atoms with Crippen molar-refractivity contribution in [2.24, 2.45) is 0 Å². The summed E-state index contributed by atoms with van der Waals surface area (Å²) in [6.07, 6.45) is 3.90. The van der Waals surface area contributed by atoms with Crippen LogP contribution in [0.5, 0.6) is 0 Å². The molecular formula is C6H11PS2. The Hall–Kier alpha value is 0.480. The highest BCUT2D eigenvalue weighted by atomic mass is 32.9. The number of hydrogen-bond donors (Lipinski definition) is 1. The van der Waals surface area contributed by atoms with Gasteiger partial charge in [-0.15, -0.1) is 12.2 Å². The van der Waals surface area contributed by atoms with Gasteiger partial charge in [0.15, 0.2) is 0 Å². The van der Waals surface area contributed by atoms with E-state index in [-0.39, 0.29) is 0 Å². The Morgan fingerprint density at radius 2 is 1.56 bits per heavy atom. The molecule has 0 aromatic rings. The van der Waals surface area contributed by atoms with E-state index >= 15 is 0 Å². The Balaban J connectivity index is 4.21. The molecular weight excluding hydrogens is 167 g/mol. The van der Waals surface area contributed by atoms with Crippen LogP contribution in [0.15, 0.2) is 23.8 Å². The predicted octanol–water partition coefficient (Wildman–Crippen LogP) is 3.38. The lowest BCUT2D eigenvalue weighted by atomic mass is 10.8. The molecule has 0 amide bonds. The van der Waals surface area contributed by atoms with Crippen LogP contribution < -0.4 is 0 Å². The fraction of sp³-hybridized carbons (Fsp3) is 0.333. The highest BCUT2D eigenvalue weighted by Crippen LogP contribution is 2.53. The maximum absolute atomic E-state index is 5.14. The van der Waals surface area contributed by atoms with Crippen molar-refractivity contribution in [3.8, 4) is 0 Å². The normalized spacial score (nSPS) is 19.0. The molecule has 0 aliphatic carbocycles. The lowest BCUT2D eigenvalue weighted by molar-refractivity contribution is 1.77. The first kappa shape index (κ1) is 9.48. The summed E-state index contributed by atoms with van der Waals surface area (Å²) < 4.78 is 0. The van der Waals surface area contributed by atoms with Crippen LogP contribution in [0.2, 0.25) is 0 Å². The van der Waals surface area contributed by atoms with Gasteiger partial charge >= 0.3 is 0 Å². The molecule has 0 bridgehead atoms. The van der Waals surface area contributed by atoms with Crippen molar-refractivity contribution in [2.45, 2.75) is 13.8 Å². The molecule has 0 heterocycles. The van der Waals surface area contributed by atoms with E-state index in [1.807, 2.05) is 37.6 Å². The third-order valence-electron chi connectivity index (χ3n) is 0.725. The van der Waals surface area contributed by atoms with Crippen LogP contribution in [0.25, 0.3) is 0 Å². The van der Waals surface area contributed by atoms with Crippen LogP contribution in [-0.2, 0) is 11.8 Å². The number of allylic oxidation sites excluding steroid dienone is 2. The molecule has 0 N–H and O–H groups in total. The predicted molar refractivity (Wildman–Crippen MR) is 52.9 cm³/mol. The van der Waals surface area contributed by atoms with Crippen LogP contribution in [0.4, 0.5) is 0 Å². The zero-order chi connectivity index (χ0) is 7.33. The molecule has 0 aromatic heterocycles. The number of hydrogen-bond acceptors (Lipinski definition) is 1. The van der Waals surface area contributed by atoms with E-state index in [0.717, 1.165) is 0 Å². The maximum Gasteiger partial charge on any atom is 0.0439 e. The fourth-order valence-corrected chi connectivity index (χ4v) is 2.96. The van der Waals surface area contributed by atoms with E-state index in [1.54, 1.807) is 0 Å². The summed E-state index contributed by atoms with van der Waals surface area (Å²) >= 11 is 9.44. The van der Waals surface area contributed by atoms with Gasteiger partial charge in [-0.05, 0) is 25.5 Å². The smallest absolute Gasteiger partial charge is 0.0439 e. The highest BCUT2D eigenvalue weighted by molar-refractivity contribution is 8.65. The lowest BCUT2D eigenvalue weighted by Crippen LogP contribution is -1.54. The summed E-state index contributed by atoms with van der Waals surface area (Å²) in [5.41, 5.74) is 0. The quantitative estimate of drug-likeness (QED) is 0.499. The minimum absolute atomic E-state index is 1.53. The first-order valence-electron chi connectivity index (χ1n) is 2.72. The molecule has 0 saturated heterocycles. The molecule has 3 heteroatoms. The molecule has 0 rings (SSSR count). The second kappa shape index (κ2) is 4.32. The molecule has 0 fully saturated rings. The van der Waals surface area contributed by atoms with E-state index in [1.165, 1.54) is 0 Å². The molecule has 9 heavy (non-hydrogen) atoms. The van der Waals surface area contributed by atoms with Crippen molar-refractivity contribution < 1.29 is 0 Å². The third kappa shape index (κ3) is 4.95. The Bertz CT molecular complexity index is 154. The molecule has 0 spiro atoms. The molecule has 0 radical (unpaired) electrons. The molecule has 0 aromatic carbocycles. The van der Waals surface area contributed by atoms with Crippen molar-refractivity contribution in [1.29, 1.82) is 0 Å². The van der Waals surface area contributed by atoms with Gasteiger partial charge < -0.3 is 0 Å². The van der Waals surface area contributed by atoms with Gasteiger partial charge in [0.1, 0.15) is 0 Å². The molecule has 0 unspecified atom stereocenters. The summed E-state index contributed by atoms with van der Waals surface area (Å²) in [5.74, 6) is 3.96. The average molecular weight is 178 g/mol. The average Bonchev–Trinajstić information content (AvgIpc) is 1.64. The largest absolute Gasteiger partial charge is 0.134 e. The van der Waals surface area contributed by atoms with Crippen LogP contribution in [0.3, 0.4) is 0 Å². The van der Waals surface area contributed by atoms with Crippen molar-refractivity contribution in [3.05, 3.63) is 23.8 Å². The third-order valence-corrected chi connectivity index (χ3v) is 3.71. The number of thiol groups is 1.